The van der Waals surface area contributed by atoms with Crippen LogP contribution in [0.25, 0.3) is 0 Å². The Hall–Kier alpha value is -2.22. The molecule has 0 aromatic heterocycles. The molecule has 2 unspecified atom stereocenters. The maximum absolute atomic E-state index is 3.50. The van der Waals surface area contributed by atoms with E-state index in [1.165, 1.54) is 11.1 Å². The summed E-state index contributed by atoms with van der Waals surface area (Å²) < 4.78 is 0. The van der Waals surface area contributed by atoms with Crippen molar-refractivity contribution in [1.29, 1.82) is 0 Å². The minimum Gasteiger partial charge on any atom is -0.383 e. The van der Waals surface area contributed by atoms with Crippen LogP contribution in [0.1, 0.15) is 44.0 Å². The van der Waals surface area contributed by atoms with E-state index in [1.807, 2.05) is 12.1 Å². The van der Waals surface area contributed by atoms with E-state index in [9.17, 15) is 0 Å². The summed E-state index contributed by atoms with van der Waals surface area (Å²) in [5.41, 5.74) is 3.72. The Morgan fingerprint density at radius 1 is 0.810 bits per heavy atom. The number of nitrogens with one attached hydrogen (secondary N) is 2. The maximum atomic E-state index is 3.50. The molecule has 0 amide bonds. The van der Waals surface area contributed by atoms with Gasteiger partial charge in [0.05, 0.1) is 0 Å². The standard InChI is InChI=1S/C19H24N2/c1-15(21-17(3)19-12-8-5-9-13-19)14-20-16(2)18-10-6-4-7-11-18/h4-14,16-17,20-21H,1-3H3. The molecular formula is C19H24N2. The molecule has 21 heavy (non-hydrogen) atoms. The molecule has 2 nitrogen and oxygen atoms in total. The smallest absolute Gasteiger partial charge is 0.0483 e. The molecule has 0 aliphatic carbocycles. The molecule has 2 aromatic rings. The second-order valence-electron chi connectivity index (χ2n) is 5.40. The Morgan fingerprint density at radius 2 is 1.29 bits per heavy atom. The van der Waals surface area contributed by atoms with Gasteiger partial charge in [0.2, 0.25) is 0 Å². The third-order valence-electron chi connectivity index (χ3n) is 3.59. The molecule has 0 saturated heterocycles. The van der Waals surface area contributed by atoms with Crippen molar-refractivity contribution in [2.45, 2.75) is 32.9 Å². The van der Waals surface area contributed by atoms with E-state index in [-0.39, 0.29) is 0 Å². The molecule has 2 heteroatoms. The fourth-order valence-electron chi connectivity index (χ4n) is 2.30. The van der Waals surface area contributed by atoms with Crippen molar-refractivity contribution in [3.05, 3.63) is 83.7 Å². The third kappa shape index (κ3) is 4.67. The van der Waals surface area contributed by atoms with Crippen LogP contribution in [0.4, 0.5) is 0 Å². The highest BCUT2D eigenvalue weighted by Gasteiger charge is 2.05. The highest BCUT2D eigenvalue weighted by molar-refractivity contribution is 5.20. The minimum atomic E-state index is 0.301. The molecular weight excluding hydrogens is 256 g/mol. The molecule has 0 heterocycles. The van der Waals surface area contributed by atoms with Crippen molar-refractivity contribution in [1.82, 2.24) is 10.6 Å². The Bertz CT molecular complexity index is 561. The predicted molar refractivity (Wildman–Crippen MR) is 89.7 cm³/mol. The average Bonchev–Trinajstić information content (AvgIpc) is 2.54. The SMILES string of the molecule is CC(=CNC(C)c1ccccc1)NC(C)c1ccccc1. The summed E-state index contributed by atoms with van der Waals surface area (Å²) in [6, 6.07) is 21.5. The van der Waals surface area contributed by atoms with E-state index < -0.39 is 0 Å². The topological polar surface area (TPSA) is 24.1 Å². The van der Waals surface area contributed by atoms with E-state index >= 15 is 0 Å². The summed E-state index contributed by atoms with van der Waals surface area (Å²) in [6.07, 6.45) is 2.05. The van der Waals surface area contributed by atoms with Gasteiger partial charge in [-0.2, -0.15) is 0 Å². The first kappa shape index (κ1) is 15.2. The van der Waals surface area contributed by atoms with Crippen molar-refractivity contribution in [2.24, 2.45) is 0 Å². The van der Waals surface area contributed by atoms with Crippen molar-refractivity contribution >= 4 is 0 Å². The average molecular weight is 280 g/mol. The zero-order valence-electron chi connectivity index (χ0n) is 13.0. The molecule has 0 spiro atoms. The Kier molecular flexibility index (Phi) is 5.44. The van der Waals surface area contributed by atoms with Gasteiger partial charge in [0.25, 0.3) is 0 Å². The lowest BCUT2D eigenvalue weighted by Crippen LogP contribution is -2.20. The van der Waals surface area contributed by atoms with E-state index in [0.717, 1.165) is 5.70 Å². The Balaban J connectivity index is 1.90. The first-order chi connectivity index (χ1) is 10.2. The van der Waals surface area contributed by atoms with E-state index in [4.69, 9.17) is 0 Å². The van der Waals surface area contributed by atoms with E-state index in [0.29, 0.717) is 12.1 Å². The minimum absolute atomic E-state index is 0.301. The largest absolute Gasteiger partial charge is 0.383 e. The molecule has 2 N–H and O–H groups in total. The van der Waals surface area contributed by atoms with Crippen LogP contribution in [0.3, 0.4) is 0 Å². The number of rotatable bonds is 6. The fraction of sp³-hybridized carbons (Fsp3) is 0.263. The summed E-state index contributed by atoms with van der Waals surface area (Å²) >= 11 is 0. The van der Waals surface area contributed by atoms with E-state index in [1.54, 1.807) is 0 Å². The van der Waals surface area contributed by atoms with Crippen molar-refractivity contribution in [2.75, 3.05) is 0 Å². The lowest BCUT2D eigenvalue weighted by atomic mass is 10.1. The molecule has 0 fully saturated rings. The van der Waals surface area contributed by atoms with Crippen LogP contribution in [-0.4, -0.2) is 0 Å². The Labute approximate surface area is 127 Å². The maximum Gasteiger partial charge on any atom is 0.0483 e. The molecule has 0 saturated carbocycles. The molecule has 0 aliphatic heterocycles. The monoisotopic (exact) mass is 280 g/mol. The zero-order valence-corrected chi connectivity index (χ0v) is 13.0. The molecule has 2 rings (SSSR count). The number of allylic oxidation sites excluding steroid dienone is 1. The van der Waals surface area contributed by atoms with Gasteiger partial charge in [0.1, 0.15) is 0 Å². The molecule has 0 aliphatic rings. The third-order valence-corrected chi connectivity index (χ3v) is 3.59. The lowest BCUT2D eigenvalue weighted by molar-refractivity contribution is 0.629. The van der Waals surface area contributed by atoms with Crippen LogP contribution in [0.15, 0.2) is 72.6 Å². The summed E-state index contributed by atoms with van der Waals surface area (Å²) in [4.78, 5) is 0. The van der Waals surface area contributed by atoms with Crippen LogP contribution in [-0.2, 0) is 0 Å². The highest BCUT2D eigenvalue weighted by atomic mass is 15.0. The van der Waals surface area contributed by atoms with E-state index in [2.05, 4.69) is 86.1 Å². The quantitative estimate of drug-likeness (QED) is 0.811. The fourth-order valence-corrected chi connectivity index (χ4v) is 2.30. The van der Waals surface area contributed by atoms with Crippen LogP contribution < -0.4 is 10.6 Å². The number of benzene rings is 2. The molecule has 0 bridgehead atoms. The van der Waals surface area contributed by atoms with Crippen molar-refractivity contribution < 1.29 is 0 Å². The normalized spacial score (nSPS) is 14.3. The van der Waals surface area contributed by atoms with Crippen LogP contribution in [0.2, 0.25) is 0 Å². The first-order valence-electron chi connectivity index (χ1n) is 7.46. The summed E-state index contributed by atoms with van der Waals surface area (Å²) in [7, 11) is 0. The predicted octanol–water partition coefficient (Wildman–Crippen LogP) is 4.55. The lowest BCUT2D eigenvalue weighted by Gasteiger charge is -2.18. The van der Waals surface area contributed by atoms with Crippen LogP contribution in [0.5, 0.6) is 0 Å². The zero-order chi connectivity index (χ0) is 15.1. The van der Waals surface area contributed by atoms with Gasteiger partial charge in [0.15, 0.2) is 0 Å². The summed E-state index contributed by atoms with van der Waals surface area (Å²) in [5, 5.41) is 6.93. The van der Waals surface area contributed by atoms with Gasteiger partial charge < -0.3 is 10.6 Å². The van der Waals surface area contributed by atoms with Gasteiger partial charge in [0, 0.05) is 24.0 Å². The van der Waals surface area contributed by atoms with Gasteiger partial charge in [-0.15, -0.1) is 0 Å². The van der Waals surface area contributed by atoms with Crippen LogP contribution >= 0.6 is 0 Å². The molecule has 2 atom stereocenters. The summed E-state index contributed by atoms with van der Waals surface area (Å²) in [5.74, 6) is 0. The second-order valence-corrected chi connectivity index (χ2v) is 5.40. The van der Waals surface area contributed by atoms with Gasteiger partial charge >= 0.3 is 0 Å². The Morgan fingerprint density at radius 3 is 1.81 bits per heavy atom. The van der Waals surface area contributed by atoms with Crippen LogP contribution in [0, 0.1) is 0 Å². The van der Waals surface area contributed by atoms with Crippen molar-refractivity contribution in [3.8, 4) is 0 Å². The van der Waals surface area contributed by atoms with Gasteiger partial charge in [-0.1, -0.05) is 60.7 Å². The van der Waals surface area contributed by atoms with Crippen molar-refractivity contribution in [3.63, 3.8) is 0 Å². The number of hydrogen-bond donors (Lipinski definition) is 2. The second kappa shape index (κ2) is 7.53. The molecule has 0 radical (unpaired) electrons. The first-order valence-corrected chi connectivity index (χ1v) is 7.46. The molecule has 110 valence electrons. The van der Waals surface area contributed by atoms with Gasteiger partial charge in [-0.05, 0) is 31.9 Å². The molecule has 2 aromatic carbocycles. The van der Waals surface area contributed by atoms with Gasteiger partial charge in [-0.3, -0.25) is 0 Å². The van der Waals surface area contributed by atoms with Gasteiger partial charge in [-0.25, -0.2) is 0 Å². The summed E-state index contributed by atoms with van der Waals surface area (Å²) in [6.45, 7) is 6.43. The highest BCUT2D eigenvalue weighted by Crippen LogP contribution is 2.14. The number of hydrogen-bond acceptors (Lipinski definition) is 2.